The maximum atomic E-state index is 13.0. The number of carbonyl (C=O) groups excluding carboxylic acids is 1. The Morgan fingerprint density at radius 1 is 1.21 bits per heavy atom. The Morgan fingerprint density at radius 3 is 2.72 bits per heavy atom. The zero-order valence-electron chi connectivity index (χ0n) is 18.3. The summed E-state index contributed by atoms with van der Waals surface area (Å²) >= 11 is 0. The van der Waals surface area contributed by atoms with Gasteiger partial charge in [0.1, 0.15) is 5.75 Å². The van der Waals surface area contributed by atoms with E-state index in [-0.39, 0.29) is 18.6 Å². The normalized spacial score (nSPS) is 16.9. The number of rotatable bonds is 7. The van der Waals surface area contributed by atoms with Crippen molar-refractivity contribution in [3.8, 4) is 5.75 Å². The number of ether oxygens (including phenoxy) is 1. The van der Waals surface area contributed by atoms with Crippen LogP contribution in [0, 0.1) is 0 Å². The second-order valence-electron chi connectivity index (χ2n) is 8.20. The minimum atomic E-state index is 0.0183. The van der Waals surface area contributed by atoms with Crippen LogP contribution < -0.4 is 9.64 Å². The summed E-state index contributed by atoms with van der Waals surface area (Å²) in [5.41, 5.74) is 3.18. The lowest BCUT2D eigenvalue weighted by Crippen LogP contribution is -2.41. The smallest absolute Gasteiger partial charge is 0.261 e. The van der Waals surface area contributed by atoms with Crippen molar-refractivity contribution < 1.29 is 9.53 Å². The van der Waals surface area contributed by atoms with E-state index in [0.717, 1.165) is 49.4 Å². The van der Waals surface area contributed by atoms with Crippen LogP contribution in [0.5, 0.6) is 5.75 Å². The lowest BCUT2D eigenvalue weighted by molar-refractivity contribution is -0.137. The van der Waals surface area contributed by atoms with Gasteiger partial charge in [0, 0.05) is 46.0 Å². The van der Waals surface area contributed by atoms with Crippen molar-refractivity contribution in [3.05, 3.63) is 41.7 Å². The fourth-order valence-electron chi connectivity index (χ4n) is 3.78. The fourth-order valence-corrected chi connectivity index (χ4v) is 3.78. The van der Waals surface area contributed by atoms with E-state index < -0.39 is 0 Å². The van der Waals surface area contributed by atoms with Gasteiger partial charge in [0.15, 0.2) is 6.61 Å². The summed E-state index contributed by atoms with van der Waals surface area (Å²) in [5, 5.41) is 4.72. The van der Waals surface area contributed by atoms with Gasteiger partial charge in [-0.2, -0.15) is 5.10 Å². The molecule has 158 valence electrons. The SMILES string of the molecule is CN(C)Cc1cc([C@@H]2CCCCN2C(=O)COc2cccc(N(C)C)c2)nn1C. The van der Waals surface area contributed by atoms with Gasteiger partial charge in [-0.15, -0.1) is 0 Å². The summed E-state index contributed by atoms with van der Waals surface area (Å²) in [5.74, 6) is 0.731. The van der Waals surface area contributed by atoms with E-state index in [1.807, 2.05) is 74.0 Å². The van der Waals surface area contributed by atoms with Gasteiger partial charge in [-0.05, 0) is 51.6 Å². The number of benzene rings is 1. The second kappa shape index (κ2) is 9.31. The molecule has 7 heteroatoms. The van der Waals surface area contributed by atoms with Crippen LogP contribution in [-0.4, -0.2) is 66.8 Å². The molecule has 0 N–H and O–H groups in total. The first-order valence-electron chi connectivity index (χ1n) is 10.2. The summed E-state index contributed by atoms with van der Waals surface area (Å²) in [6.07, 6.45) is 3.08. The van der Waals surface area contributed by atoms with Crippen LogP contribution in [0.25, 0.3) is 0 Å². The Hall–Kier alpha value is -2.54. The monoisotopic (exact) mass is 399 g/mol. The van der Waals surface area contributed by atoms with E-state index in [1.165, 1.54) is 0 Å². The number of aryl methyl sites for hydroxylation is 1. The standard InChI is InChI=1S/C22H33N5O2/c1-24(2)15-18-14-20(23-26(18)5)21-11-6-7-12-27(21)22(28)16-29-19-10-8-9-17(13-19)25(3)4/h8-10,13-14,21H,6-7,11-12,15-16H2,1-5H3/t21-/m0/s1. The molecule has 0 bridgehead atoms. The number of anilines is 1. The molecule has 29 heavy (non-hydrogen) atoms. The molecule has 0 radical (unpaired) electrons. The minimum absolute atomic E-state index is 0.0183. The van der Waals surface area contributed by atoms with Crippen LogP contribution in [0.3, 0.4) is 0 Å². The zero-order chi connectivity index (χ0) is 21.0. The van der Waals surface area contributed by atoms with Gasteiger partial charge in [-0.1, -0.05) is 6.07 Å². The largest absolute Gasteiger partial charge is 0.484 e. The van der Waals surface area contributed by atoms with Crippen molar-refractivity contribution in [2.45, 2.75) is 31.8 Å². The Balaban J connectivity index is 1.69. The lowest BCUT2D eigenvalue weighted by atomic mass is 9.99. The summed E-state index contributed by atoms with van der Waals surface area (Å²) in [4.78, 5) is 19.1. The molecule has 0 aliphatic carbocycles. The van der Waals surface area contributed by atoms with Crippen LogP contribution in [-0.2, 0) is 18.4 Å². The van der Waals surface area contributed by atoms with Gasteiger partial charge in [0.25, 0.3) is 5.91 Å². The van der Waals surface area contributed by atoms with Gasteiger partial charge >= 0.3 is 0 Å². The molecule has 1 aromatic heterocycles. The number of nitrogens with zero attached hydrogens (tertiary/aromatic N) is 5. The van der Waals surface area contributed by atoms with E-state index in [1.54, 1.807) is 0 Å². The summed E-state index contributed by atoms with van der Waals surface area (Å²) in [6.45, 7) is 1.63. The van der Waals surface area contributed by atoms with Crippen LogP contribution in [0.2, 0.25) is 0 Å². The first-order chi connectivity index (χ1) is 13.8. The van der Waals surface area contributed by atoms with Gasteiger partial charge in [-0.3, -0.25) is 9.48 Å². The quantitative estimate of drug-likeness (QED) is 0.717. The molecule has 0 spiro atoms. The predicted molar refractivity (Wildman–Crippen MR) is 115 cm³/mol. The third-order valence-electron chi connectivity index (χ3n) is 5.33. The average molecular weight is 400 g/mol. The highest BCUT2D eigenvalue weighted by molar-refractivity contribution is 5.78. The molecule has 1 fully saturated rings. The number of piperidine rings is 1. The highest BCUT2D eigenvalue weighted by Gasteiger charge is 2.30. The molecule has 1 amide bonds. The number of carbonyl (C=O) groups is 1. The third kappa shape index (κ3) is 5.29. The maximum Gasteiger partial charge on any atom is 0.261 e. The molecule has 2 aromatic rings. The fraction of sp³-hybridized carbons (Fsp3) is 0.545. The van der Waals surface area contributed by atoms with Gasteiger partial charge in [0.05, 0.1) is 17.4 Å². The molecular formula is C22H33N5O2. The van der Waals surface area contributed by atoms with Crippen LogP contribution in [0.15, 0.2) is 30.3 Å². The van der Waals surface area contributed by atoms with Crippen LogP contribution in [0.4, 0.5) is 5.69 Å². The number of hydrogen-bond acceptors (Lipinski definition) is 5. The number of hydrogen-bond donors (Lipinski definition) is 0. The molecule has 0 saturated carbocycles. The second-order valence-corrected chi connectivity index (χ2v) is 8.20. The van der Waals surface area contributed by atoms with Crippen molar-refractivity contribution in [3.63, 3.8) is 0 Å². The highest BCUT2D eigenvalue weighted by atomic mass is 16.5. The lowest BCUT2D eigenvalue weighted by Gasteiger charge is -2.34. The average Bonchev–Trinajstić information content (AvgIpc) is 3.06. The predicted octanol–water partition coefficient (Wildman–Crippen LogP) is 2.68. The molecule has 1 aliphatic heterocycles. The zero-order valence-corrected chi connectivity index (χ0v) is 18.3. The van der Waals surface area contributed by atoms with E-state index >= 15 is 0 Å². The number of amides is 1. The first-order valence-corrected chi connectivity index (χ1v) is 10.2. The van der Waals surface area contributed by atoms with Crippen LogP contribution in [0.1, 0.15) is 36.7 Å². The molecule has 1 aliphatic rings. The van der Waals surface area contributed by atoms with Crippen molar-refractivity contribution in [2.24, 2.45) is 7.05 Å². The van der Waals surface area contributed by atoms with E-state index in [9.17, 15) is 4.79 Å². The molecule has 7 nitrogen and oxygen atoms in total. The topological polar surface area (TPSA) is 53.8 Å². The first kappa shape index (κ1) is 21.2. The summed E-state index contributed by atoms with van der Waals surface area (Å²) in [7, 11) is 10.0. The third-order valence-corrected chi connectivity index (χ3v) is 5.33. The van der Waals surface area contributed by atoms with E-state index in [0.29, 0.717) is 5.75 Å². The van der Waals surface area contributed by atoms with Gasteiger partial charge < -0.3 is 19.4 Å². The molecule has 3 rings (SSSR count). The van der Waals surface area contributed by atoms with Crippen molar-refractivity contribution >= 4 is 11.6 Å². The Kier molecular flexibility index (Phi) is 6.79. The molecule has 0 unspecified atom stereocenters. The van der Waals surface area contributed by atoms with Gasteiger partial charge in [0.2, 0.25) is 0 Å². The molecule has 1 saturated heterocycles. The van der Waals surface area contributed by atoms with Crippen molar-refractivity contribution in [2.75, 3.05) is 46.2 Å². The Morgan fingerprint density at radius 2 is 2.00 bits per heavy atom. The van der Waals surface area contributed by atoms with Crippen LogP contribution >= 0.6 is 0 Å². The molecule has 1 atom stereocenters. The molecule has 1 aromatic carbocycles. The summed E-state index contributed by atoms with van der Waals surface area (Å²) < 4.78 is 7.75. The Labute approximate surface area is 173 Å². The van der Waals surface area contributed by atoms with Crippen molar-refractivity contribution in [1.82, 2.24) is 19.6 Å². The Bertz CT molecular complexity index is 830. The number of aromatic nitrogens is 2. The van der Waals surface area contributed by atoms with Gasteiger partial charge in [-0.25, -0.2) is 0 Å². The molecular weight excluding hydrogens is 366 g/mol. The van der Waals surface area contributed by atoms with Crippen molar-refractivity contribution in [1.29, 1.82) is 0 Å². The number of likely N-dealkylation sites (tertiary alicyclic amines) is 1. The maximum absolute atomic E-state index is 13.0. The molecule has 2 heterocycles. The van der Waals surface area contributed by atoms with E-state index in [2.05, 4.69) is 11.0 Å². The summed E-state index contributed by atoms with van der Waals surface area (Å²) in [6, 6.07) is 9.96. The minimum Gasteiger partial charge on any atom is -0.484 e. The van der Waals surface area contributed by atoms with E-state index in [4.69, 9.17) is 9.84 Å². The highest BCUT2D eigenvalue weighted by Crippen LogP contribution is 2.31.